The molecule has 1 heterocycles. The van der Waals surface area contributed by atoms with E-state index in [2.05, 4.69) is 15.7 Å². The topological polar surface area (TPSA) is 122 Å². The fourth-order valence-corrected chi connectivity index (χ4v) is 1.89. The fraction of sp³-hybridized carbons (Fsp3) is 0.214. The number of hydrogen-bond acceptors (Lipinski definition) is 4. The Morgan fingerprint density at radius 3 is 2.83 bits per heavy atom. The largest absolute Gasteiger partial charge is 0.386 e. The van der Waals surface area contributed by atoms with Crippen molar-refractivity contribution in [3.63, 3.8) is 0 Å². The summed E-state index contributed by atoms with van der Waals surface area (Å²) in [7, 11) is 0. The molecule has 23 heavy (non-hydrogen) atoms. The first-order valence-electron chi connectivity index (χ1n) is 6.74. The summed E-state index contributed by atoms with van der Waals surface area (Å²) in [5.74, 6) is -1.10. The molecule has 0 aliphatic heterocycles. The Bertz CT molecular complexity index is 703. The Labute approximate surface area is 131 Å². The molecule has 0 saturated heterocycles. The predicted molar refractivity (Wildman–Crippen MR) is 79.8 cm³/mol. The molecule has 0 saturated carbocycles. The van der Waals surface area contributed by atoms with E-state index in [9.17, 15) is 19.1 Å². The first-order chi connectivity index (χ1) is 11.0. The number of carbonyl (C=O) groups excluding carboxylic acids is 2. The van der Waals surface area contributed by atoms with Gasteiger partial charge in [-0.05, 0) is 6.07 Å². The molecule has 0 bridgehead atoms. The highest BCUT2D eigenvalue weighted by Gasteiger charge is 2.13. The second kappa shape index (κ2) is 7.36. The number of nitrogens with zero attached hydrogens (tertiary/aromatic N) is 2. The van der Waals surface area contributed by atoms with Gasteiger partial charge in [-0.25, -0.2) is 9.18 Å². The lowest BCUT2D eigenvalue weighted by Gasteiger charge is -2.13. The summed E-state index contributed by atoms with van der Waals surface area (Å²) in [6.45, 7) is -0.266. The van der Waals surface area contributed by atoms with E-state index < -0.39 is 23.9 Å². The van der Waals surface area contributed by atoms with Crippen molar-refractivity contribution in [2.45, 2.75) is 12.6 Å². The molecule has 8 nitrogen and oxygen atoms in total. The molecule has 1 aromatic heterocycles. The van der Waals surface area contributed by atoms with Crippen LogP contribution < -0.4 is 16.4 Å². The molecule has 2 rings (SSSR count). The Balaban J connectivity index is 1.84. The summed E-state index contributed by atoms with van der Waals surface area (Å²) in [4.78, 5) is 22.5. The van der Waals surface area contributed by atoms with Gasteiger partial charge in [0.2, 0.25) is 5.91 Å². The molecule has 0 aliphatic rings. The maximum absolute atomic E-state index is 13.5. The summed E-state index contributed by atoms with van der Waals surface area (Å²) in [6.07, 6.45) is 1.60. The zero-order chi connectivity index (χ0) is 16.8. The van der Waals surface area contributed by atoms with E-state index in [0.29, 0.717) is 5.69 Å². The Morgan fingerprint density at radius 2 is 2.13 bits per heavy atom. The monoisotopic (exact) mass is 321 g/mol. The molecule has 122 valence electrons. The Hall–Kier alpha value is -2.94. The molecule has 0 unspecified atom stereocenters. The minimum Gasteiger partial charge on any atom is -0.386 e. The number of rotatable bonds is 6. The van der Waals surface area contributed by atoms with Crippen molar-refractivity contribution in [3.05, 3.63) is 48.0 Å². The van der Waals surface area contributed by atoms with Crippen molar-refractivity contribution < 1.29 is 19.1 Å². The highest BCUT2D eigenvalue weighted by molar-refractivity contribution is 5.88. The summed E-state index contributed by atoms with van der Waals surface area (Å²) in [5, 5.41) is 18.6. The highest BCUT2D eigenvalue weighted by Crippen LogP contribution is 2.15. The zero-order valence-corrected chi connectivity index (χ0v) is 12.1. The van der Waals surface area contributed by atoms with Gasteiger partial charge in [0.1, 0.15) is 12.4 Å². The van der Waals surface area contributed by atoms with Crippen LogP contribution >= 0.6 is 0 Å². The van der Waals surface area contributed by atoms with Crippen LogP contribution in [0.2, 0.25) is 0 Å². The van der Waals surface area contributed by atoms with Gasteiger partial charge in [0.15, 0.2) is 0 Å². The minimum absolute atomic E-state index is 0.0991. The number of nitrogens with one attached hydrogen (secondary N) is 2. The third-order valence-electron chi connectivity index (χ3n) is 2.93. The first kappa shape index (κ1) is 16.4. The maximum Gasteiger partial charge on any atom is 0.319 e. The average Bonchev–Trinajstić information content (AvgIpc) is 2.91. The third kappa shape index (κ3) is 4.78. The summed E-state index contributed by atoms with van der Waals surface area (Å²) in [6, 6.07) is 5.17. The molecular weight excluding hydrogens is 305 g/mol. The van der Waals surface area contributed by atoms with Gasteiger partial charge >= 0.3 is 6.03 Å². The van der Waals surface area contributed by atoms with E-state index in [1.165, 1.54) is 35.3 Å². The van der Waals surface area contributed by atoms with Gasteiger partial charge in [-0.2, -0.15) is 5.10 Å². The van der Waals surface area contributed by atoms with Crippen LogP contribution in [0.3, 0.4) is 0 Å². The van der Waals surface area contributed by atoms with Crippen molar-refractivity contribution >= 4 is 17.6 Å². The smallest absolute Gasteiger partial charge is 0.319 e. The standard InChI is InChI=1S/C14H16FN5O3/c15-11-4-2-1-3-10(11)12(21)6-17-14(23)19-9-5-18-20(7-9)8-13(16)22/h1-5,7,12,21H,6,8H2,(H2,16,22)(H2,17,19,23)/t12-/m1/s1. The average molecular weight is 321 g/mol. The lowest BCUT2D eigenvalue weighted by Crippen LogP contribution is -2.32. The molecule has 1 atom stereocenters. The van der Waals surface area contributed by atoms with Gasteiger partial charge in [0, 0.05) is 18.3 Å². The number of primary amides is 1. The second-order valence-corrected chi connectivity index (χ2v) is 4.77. The van der Waals surface area contributed by atoms with E-state index in [1.54, 1.807) is 6.07 Å². The summed E-state index contributed by atoms with van der Waals surface area (Å²) >= 11 is 0. The normalized spacial score (nSPS) is 11.7. The molecule has 5 N–H and O–H groups in total. The van der Waals surface area contributed by atoms with Crippen LogP contribution in [0.25, 0.3) is 0 Å². The number of anilines is 1. The van der Waals surface area contributed by atoms with E-state index >= 15 is 0 Å². The van der Waals surface area contributed by atoms with Crippen molar-refractivity contribution in [1.29, 1.82) is 0 Å². The molecule has 0 spiro atoms. The Morgan fingerprint density at radius 1 is 1.39 bits per heavy atom. The number of benzene rings is 1. The first-order valence-corrected chi connectivity index (χ1v) is 6.74. The summed E-state index contributed by atoms with van der Waals surface area (Å²) in [5.41, 5.74) is 5.48. The fourth-order valence-electron chi connectivity index (χ4n) is 1.89. The number of amides is 3. The number of carbonyl (C=O) groups is 2. The number of halogens is 1. The number of aliphatic hydroxyl groups excluding tert-OH is 1. The van der Waals surface area contributed by atoms with Crippen molar-refractivity contribution in [2.24, 2.45) is 5.73 Å². The summed E-state index contributed by atoms with van der Waals surface area (Å²) < 4.78 is 14.8. The molecule has 0 fully saturated rings. The van der Waals surface area contributed by atoms with E-state index in [1.807, 2.05) is 0 Å². The SMILES string of the molecule is NC(=O)Cn1cc(NC(=O)NC[C@@H](O)c2ccccc2F)cn1. The van der Waals surface area contributed by atoms with Gasteiger partial charge in [-0.15, -0.1) is 0 Å². The second-order valence-electron chi connectivity index (χ2n) is 4.77. The number of hydrogen-bond donors (Lipinski definition) is 4. The number of aromatic nitrogens is 2. The lowest BCUT2D eigenvalue weighted by atomic mass is 10.1. The van der Waals surface area contributed by atoms with Crippen LogP contribution in [0.15, 0.2) is 36.7 Å². The van der Waals surface area contributed by atoms with Crippen LogP contribution in [0.4, 0.5) is 14.9 Å². The highest BCUT2D eigenvalue weighted by atomic mass is 19.1. The van der Waals surface area contributed by atoms with Gasteiger partial charge in [-0.1, -0.05) is 18.2 Å². The van der Waals surface area contributed by atoms with E-state index in [4.69, 9.17) is 5.73 Å². The lowest BCUT2D eigenvalue weighted by molar-refractivity contribution is -0.118. The van der Waals surface area contributed by atoms with Crippen LogP contribution in [0.1, 0.15) is 11.7 Å². The number of nitrogens with two attached hydrogens (primary N) is 1. The predicted octanol–water partition coefficient (Wildman–Crippen LogP) is 0.363. The maximum atomic E-state index is 13.5. The zero-order valence-electron chi connectivity index (χ0n) is 12.1. The van der Waals surface area contributed by atoms with Crippen LogP contribution in [0, 0.1) is 5.82 Å². The molecule has 1 aromatic carbocycles. The number of urea groups is 1. The van der Waals surface area contributed by atoms with Crippen molar-refractivity contribution in [2.75, 3.05) is 11.9 Å². The molecular formula is C14H16FN5O3. The Kier molecular flexibility index (Phi) is 5.26. The van der Waals surface area contributed by atoms with Crippen molar-refractivity contribution in [1.82, 2.24) is 15.1 Å². The van der Waals surface area contributed by atoms with Gasteiger partial charge < -0.3 is 21.5 Å². The quantitative estimate of drug-likeness (QED) is 0.613. The molecule has 3 amide bonds. The van der Waals surface area contributed by atoms with Crippen LogP contribution in [-0.2, 0) is 11.3 Å². The third-order valence-corrected chi connectivity index (χ3v) is 2.93. The van der Waals surface area contributed by atoms with Crippen LogP contribution in [0.5, 0.6) is 0 Å². The number of aliphatic hydroxyl groups is 1. The van der Waals surface area contributed by atoms with Crippen molar-refractivity contribution in [3.8, 4) is 0 Å². The molecule has 2 aromatic rings. The van der Waals surface area contributed by atoms with E-state index in [0.717, 1.165) is 0 Å². The molecule has 9 heteroatoms. The molecule has 0 radical (unpaired) electrons. The molecule has 0 aliphatic carbocycles. The van der Waals surface area contributed by atoms with Crippen LogP contribution in [-0.4, -0.2) is 33.4 Å². The minimum atomic E-state index is -1.17. The van der Waals surface area contributed by atoms with E-state index in [-0.39, 0.29) is 18.7 Å². The van der Waals surface area contributed by atoms with Gasteiger partial charge in [-0.3, -0.25) is 9.48 Å². The van der Waals surface area contributed by atoms with Gasteiger partial charge in [0.25, 0.3) is 0 Å². The van der Waals surface area contributed by atoms with Gasteiger partial charge in [0.05, 0.1) is 18.0 Å².